The number of hydrogen-bond acceptors (Lipinski definition) is 6. The predicted molar refractivity (Wildman–Crippen MR) is 53.5 cm³/mol. The zero-order valence-corrected chi connectivity index (χ0v) is 8.05. The summed E-state index contributed by atoms with van der Waals surface area (Å²) in [6.45, 7) is -0.658. The van der Waals surface area contributed by atoms with Crippen LogP contribution in [0.2, 0.25) is 0 Å². The fourth-order valence-corrected chi connectivity index (χ4v) is 0.654. The Labute approximate surface area is 85.9 Å². The van der Waals surface area contributed by atoms with E-state index >= 15 is 0 Å². The van der Waals surface area contributed by atoms with E-state index < -0.39 is 24.9 Å². The van der Waals surface area contributed by atoms with Crippen molar-refractivity contribution in [2.24, 2.45) is 10.8 Å². The largest absolute Gasteiger partial charge is 0.394 e. The summed E-state index contributed by atoms with van der Waals surface area (Å²) in [4.78, 5) is 0. The fraction of sp³-hybridized carbons (Fsp3) is 0.667. The van der Waals surface area contributed by atoms with Crippen molar-refractivity contribution >= 4 is 23.5 Å². The maximum absolute atomic E-state index is 9.14. The molecule has 0 spiro atoms. The Bertz CT molecular complexity index is 213. The molecule has 3 atom stereocenters. The summed E-state index contributed by atoms with van der Waals surface area (Å²) in [5.74, 6) is 0. The second-order valence-electron chi connectivity index (χ2n) is 2.49. The minimum Gasteiger partial charge on any atom is -0.394 e. The first-order valence-corrected chi connectivity index (χ1v) is 4.13. The Hall–Kier alpha value is -0.800. The van der Waals surface area contributed by atoms with E-state index in [0.717, 1.165) is 6.21 Å². The lowest BCUT2D eigenvalue weighted by Crippen LogP contribution is -2.40. The van der Waals surface area contributed by atoms with Gasteiger partial charge in [0.2, 0.25) is 0 Å². The Kier molecular flexibility index (Phi) is 6.25. The van der Waals surface area contributed by atoms with Crippen LogP contribution in [-0.2, 0) is 0 Å². The minimum absolute atomic E-state index is 0.0920. The van der Waals surface area contributed by atoms with Crippen molar-refractivity contribution in [1.29, 1.82) is 0 Å². The van der Waals surface area contributed by atoms with Gasteiger partial charge in [0.25, 0.3) is 0 Å². The molecule has 0 aromatic carbocycles. The highest BCUT2D eigenvalue weighted by Crippen LogP contribution is 1.97. The number of thiocarbonyl (C=S) groups is 1. The average molecular weight is 223 g/mol. The van der Waals surface area contributed by atoms with Crippen LogP contribution in [-0.4, -0.2) is 56.7 Å². The van der Waals surface area contributed by atoms with Gasteiger partial charge in [-0.3, -0.25) is 5.43 Å². The van der Waals surface area contributed by atoms with E-state index in [1.165, 1.54) is 0 Å². The van der Waals surface area contributed by atoms with Crippen molar-refractivity contribution < 1.29 is 20.4 Å². The Morgan fingerprint density at radius 2 is 2.07 bits per heavy atom. The molecule has 0 saturated carbocycles. The molecular weight excluding hydrogens is 210 g/mol. The summed E-state index contributed by atoms with van der Waals surface area (Å²) in [5, 5.41) is 38.9. The second-order valence-corrected chi connectivity index (χ2v) is 2.93. The van der Waals surface area contributed by atoms with Crippen molar-refractivity contribution in [2.45, 2.75) is 18.3 Å². The molecule has 0 amide bonds. The molecule has 7 nitrogen and oxygen atoms in total. The van der Waals surface area contributed by atoms with Gasteiger partial charge in [0, 0.05) is 0 Å². The third-order valence-corrected chi connectivity index (χ3v) is 1.42. The number of rotatable bonds is 5. The van der Waals surface area contributed by atoms with Gasteiger partial charge in [0.1, 0.15) is 18.3 Å². The molecule has 0 bridgehead atoms. The van der Waals surface area contributed by atoms with Crippen LogP contribution in [0.15, 0.2) is 5.10 Å². The van der Waals surface area contributed by atoms with Crippen LogP contribution in [0.4, 0.5) is 0 Å². The zero-order chi connectivity index (χ0) is 11.1. The lowest BCUT2D eigenvalue weighted by Gasteiger charge is -2.17. The number of nitrogens with two attached hydrogens (primary N) is 1. The van der Waals surface area contributed by atoms with Crippen molar-refractivity contribution in [2.75, 3.05) is 6.61 Å². The SMILES string of the molecule is NC(=S)N/N=C/[C@@H](O)[C@@H](O)[C@@H](O)CO. The van der Waals surface area contributed by atoms with Crippen molar-refractivity contribution in [3.8, 4) is 0 Å². The van der Waals surface area contributed by atoms with Crippen LogP contribution < -0.4 is 11.2 Å². The predicted octanol–water partition coefficient (Wildman–Crippen LogP) is -3.12. The highest BCUT2D eigenvalue weighted by Gasteiger charge is 2.22. The molecule has 0 rings (SSSR count). The molecule has 0 radical (unpaired) electrons. The molecule has 0 aliphatic rings. The first-order chi connectivity index (χ1) is 6.49. The first-order valence-electron chi connectivity index (χ1n) is 3.72. The maximum atomic E-state index is 9.14. The number of hydrazone groups is 1. The highest BCUT2D eigenvalue weighted by atomic mass is 32.1. The summed E-state index contributed by atoms with van der Waals surface area (Å²) in [6, 6.07) is 0. The maximum Gasteiger partial charge on any atom is 0.184 e. The highest BCUT2D eigenvalue weighted by molar-refractivity contribution is 7.80. The van der Waals surface area contributed by atoms with E-state index in [4.69, 9.17) is 26.2 Å². The van der Waals surface area contributed by atoms with Gasteiger partial charge in [-0.05, 0) is 12.2 Å². The first kappa shape index (κ1) is 13.2. The van der Waals surface area contributed by atoms with Crippen molar-refractivity contribution in [3.63, 3.8) is 0 Å². The van der Waals surface area contributed by atoms with Gasteiger partial charge >= 0.3 is 0 Å². The van der Waals surface area contributed by atoms with Gasteiger partial charge in [-0.15, -0.1) is 0 Å². The molecule has 0 aliphatic carbocycles. The number of aliphatic hydroxyl groups excluding tert-OH is 4. The molecule has 0 heterocycles. The van der Waals surface area contributed by atoms with E-state index in [2.05, 4.69) is 22.7 Å². The smallest absolute Gasteiger partial charge is 0.184 e. The number of aliphatic hydroxyl groups is 4. The normalized spacial score (nSPS) is 17.7. The molecule has 0 aromatic heterocycles. The molecular formula is C6H13N3O4S. The van der Waals surface area contributed by atoms with Gasteiger partial charge in [0.05, 0.1) is 12.8 Å². The van der Waals surface area contributed by atoms with Gasteiger partial charge in [0.15, 0.2) is 5.11 Å². The minimum atomic E-state index is -1.52. The van der Waals surface area contributed by atoms with Crippen molar-refractivity contribution in [1.82, 2.24) is 5.43 Å². The lowest BCUT2D eigenvalue weighted by molar-refractivity contribution is -0.0542. The van der Waals surface area contributed by atoms with Gasteiger partial charge in [-0.1, -0.05) is 0 Å². The van der Waals surface area contributed by atoms with Gasteiger partial charge < -0.3 is 26.2 Å². The standard InChI is InChI=1S/C6H13N3O4S/c7-6(14)9-8-1-3(11)5(13)4(12)2-10/h1,3-5,10-13H,2H2,(H3,7,9,14)/b8-1+/t3-,4+,5-/m1/s1. The Morgan fingerprint density at radius 3 is 2.50 bits per heavy atom. The van der Waals surface area contributed by atoms with Crippen LogP contribution in [0.5, 0.6) is 0 Å². The van der Waals surface area contributed by atoms with E-state index in [1.54, 1.807) is 0 Å². The van der Waals surface area contributed by atoms with E-state index in [-0.39, 0.29) is 5.11 Å². The van der Waals surface area contributed by atoms with Crippen molar-refractivity contribution in [3.05, 3.63) is 0 Å². The van der Waals surface area contributed by atoms with Crippen LogP contribution in [0.1, 0.15) is 0 Å². The van der Waals surface area contributed by atoms with Crippen LogP contribution in [0.3, 0.4) is 0 Å². The van der Waals surface area contributed by atoms with Crippen LogP contribution >= 0.6 is 12.2 Å². The van der Waals surface area contributed by atoms with E-state index in [1.807, 2.05) is 0 Å². The Morgan fingerprint density at radius 1 is 1.50 bits per heavy atom. The summed E-state index contributed by atoms with van der Waals surface area (Å²) in [7, 11) is 0. The summed E-state index contributed by atoms with van der Waals surface area (Å²) in [5.41, 5.74) is 7.17. The molecule has 0 aliphatic heterocycles. The van der Waals surface area contributed by atoms with Crippen LogP contribution in [0, 0.1) is 0 Å². The quantitative estimate of drug-likeness (QED) is 0.165. The number of nitrogens with one attached hydrogen (secondary N) is 1. The van der Waals surface area contributed by atoms with E-state index in [0.29, 0.717) is 0 Å². The second kappa shape index (κ2) is 6.62. The fourth-order valence-electron chi connectivity index (χ4n) is 0.601. The van der Waals surface area contributed by atoms with Crippen LogP contribution in [0.25, 0.3) is 0 Å². The average Bonchev–Trinajstić information content (AvgIpc) is 2.14. The molecule has 0 unspecified atom stereocenters. The third kappa shape index (κ3) is 5.04. The summed E-state index contributed by atoms with van der Waals surface area (Å²) >= 11 is 4.41. The van der Waals surface area contributed by atoms with Gasteiger partial charge in [-0.2, -0.15) is 5.10 Å². The molecule has 0 aromatic rings. The molecule has 82 valence electrons. The summed E-state index contributed by atoms with van der Waals surface area (Å²) in [6.07, 6.45) is -3.46. The lowest BCUT2D eigenvalue weighted by atomic mass is 10.1. The molecule has 0 fully saturated rings. The van der Waals surface area contributed by atoms with Gasteiger partial charge in [-0.25, -0.2) is 0 Å². The number of nitrogens with zero attached hydrogens (tertiary/aromatic N) is 1. The van der Waals surface area contributed by atoms with E-state index in [9.17, 15) is 0 Å². The monoisotopic (exact) mass is 223 g/mol. The zero-order valence-electron chi connectivity index (χ0n) is 7.24. The summed E-state index contributed by atoms with van der Waals surface area (Å²) < 4.78 is 0. The molecule has 7 N–H and O–H groups in total. The topological polar surface area (TPSA) is 131 Å². The molecule has 0 saturated heterocycles. The molecule has 14 heavy (non-hydrogen) atoms. The Balaban J connectivity index is 3.99. The third-order valence-electron chi connectivity index (χ3n) is 1.33. The molecule has 8 heteroatoms. The number of hydrogen-bond donors (Lipinski definition) is 6.